The van der Waals surface area contributed by atoms with Crippen LogP contribution in [0.1, 0.15) is 37.7 Å². The van der Waals surface area contributed by atoms with Gasteiger partial charge in [-0.05, 0) is 55.8 Å². The number of nitrogens with one attached hydrogen (secondary N) is 1. The third-order valence-corrected chi connectivity index (χ3v) is 6.12. The largest absolute Gasteiger partial charge is 0.467 e. The lowest BCUT2D eigenvalue weighted by atomic mass is 10.0. The average molecular weight is 464 g/mol. The summed E-state index contributed by atoms with van der Waals surface area (Å²) >= 11 is 1.26. The van der Waals surface area contributed by atoms with E-state index in [1.807, 2.05) is 13.0 Å². The fraction of sp³-hybridized carbons (Fsp3) is 0.160. The number of halogens is 1. The van der Waals surface area contributed by atoms with Crippen molar-refractivity contribution in [1.29, 1.82) is 0 Å². The number of thiazole rings is 1. The highest BCUT2D eigenvalue weighted by atomic mass is 32.1. The topological polar surface area (TPSA) is 75.4 Å². The minimum Gasteiger partial charge on any atom is -0.467 e. The molecule has 4 aromatic rings. The van der Waals surface area contributed by atoms with Crippen molar-refractivity contribution in [2.75, 3.05) is 4.90 Å². The maximum atomic E-state index is 13.8. The Morgan fingerprint density at radius 1 is 1.06 bits per heavy atom. The Morgan fingerprint density at radius 2 is 1.79 bits per heavy atom. The molecule has 1 N–H and O–H groups in total. The molecule has 6 nitrogen and oxygen atoms in total. The average Bonchev–Trinajstić information content (AvgIpc) is 3.45. The molecule has 8 heteroatoms. The predicted octanol–water partition coefficient (Wildman–Crippen LogP) is 5.20. The lowest BCUT2D eigenvalue weighted by molar-refractivity contribution is -0.122. The van der Waals surface area contributed by atoms with E-state index >= 15 is 0 Å². The van der Waals surface area contributed by atoms with E-state index in [2.05, 4.69) is 10.3 Å². The zero-order valence-electron chi connectivity index (χ0n) is 18.1. The van der Waals surface area contributed by atoms with Crippen molar-refractivity contribution >= 4 is 28.8 Å². The van der Waals surface area contributed by atoms with Crippen LogP contribution in [0.3, 0.4) is 0 Å². The molecule has 0 saturated carbocycles. The number of hydrogen-bond acceptors (Lipinski definition) is 5. The first-order valence-electron chi connectivity index (χ1n) is 10.3. The predicted molar refractivity (Wildman–Crippen MR) is 125 cm³/mol. The summed E-state index contributed by atoms with van der Waals surface area (Å²) in [5.41, 5.74) is 1.59. The number of aromatic nitrogens is 1. The van der Waals surface area contributed by atoms with Crippen LogP contribution in [0.4, 0.5) is 10.1 Å². The van der Waals surface area contributed by atoms with E-state index in [-0.39, 0.29) is 12.5 Å². The summed E-state index contributed by atoms with van der Waals surface area (Å²) in [5, 5.41) is 3.60. The Balaban J connectivity index is 1.79. The van der Waals surface area contributed by atoms with E-state index in [1.54, 1.807) is 43.3 Å². The van der Waals surface area contributed by atoms with Crippen LogP contribution < -0.4 is 10.2 Å². The quantitative estimate of drug-likeness (QED) is 0.409. The smallest absolute Gasteiger partial charge is 0.271 e. The molecule has 1 unspecified atom stereocenters. The zero-order valence-corrected chi connectivity index (χ0v) is 18.9. The molecule has 2 aromatic heterocycles. The van der Waals surface area contributed by atoms with Gasteiger partial charge in [-0.1, -0.05) is 30.3 Å². The summed E-state index contributed by atoms with van der Waals surface area (Å²) in [6.45, 7) is 3.74. The molecule has 33 heavy (non-hydrogen) atoms. The van der Waals surface area contributed by atoms with Crippen molar-refractivity contribution in [3.8, 4) is 0 Å². The van der Waals surface area contributed by atoms with Crippen molar-refractivity contribution in [3.05, 3.63) is 106 Å². The van der Waals surface area contributed by atoms with Gasteiger partial charge in [-0.3, -0.25) is 14.5 Å². The Labute approximate surface area is 194 Å². The van der Waals surface area contributed by atoms with E-state index in [0.29, 0.717) is 27.6 Å². The van der Waals surface area contributed by atoms with Crippen molar-refractivity contribution in [1.82, 2.24) is 10.3 Å². The molecular weight excluding hydrogens is 441 g/mol. The Bertz CT molecular complexity index is 1240. The van der Waals surface area contributed by atoms with Crippen LogP contribution in [0, 0.1) is 19.7 Å². The van der Waals surface area contributed by atoms with Crippen molar-refractivity contribution < 1.29 is 18.4 Å². The summed E-state index contributed by atoms with van der Waals surface area (Å²) < 4.78 is 19.0. The minimum atomic E-state index is -0.999. The number of hydrogen-bond donors (Lipinski definition) is 1. The van der Waals surface area contributed by atoms with Crippen LogP contribution in [-0.4, -0.2) is 16.8 Å². The van der Waals surface area contributed by atoms with Gasteiger partial charge in [0.15, 0.2) is 0 Å². The van der Waals surface area contributed by atoms with Gasteiger partial charge >= 0.3 is 0 Å². The van der Waals surface area contributed by atoms with E-state index in [1.165, 1.54) is 46.8 Å². The van der Waals surface area contributed by atoms with Gasteiger partial charge < -0.3 is 9.73 Å². The van der Waals surface area contributed by atoms with E-state index in [4.69, 9.17) is 4.42 Å². The number of rotatable bonds is 7. The number of carbonyl (C=O) groups is 2. The molecule has 2 amide bonds. The molecule has 0 fully saturated rings. The van der Waals surface area contributed by atoms with E-state index in [0.717, 1.165) is 5.01 Å². The molecule has 0 bridgehead atoms. The van der Waals surface area contributed by atoms with Crippen LogP contribution in [0.25, 0.3) is 0 Å². The fourth-order valence-electron chi connectivity index (χ4n) is 3.56. The van der Waals surface area contributed by atoms with Gasteiger partial charge in [0.2, 0.25) is 5.91 Å². The lowest BCUT2D eigenvalue weighted by Gasteiger charge is -2.31. The van der Waals surface area contributed by atoms with Crippen LogP contribution in [0.2, 0.25) is 0 Å². The summed E-state index contributed by atoms with van der Waals surface area (Å²) in [5.74, 6) is -0.626. The number of aryl methyl sites for hydroxylation is 2. The minimum absolute atomic E-state index is 0.166. The van der Waals surface area contributed by atoms with Gasteiger partial charge in [-0.15, -0.1) is 11.3 Å². The third kappa shape index (κ3) is 5.01. The van der Waals surface area contributed by atoms with Crippen LogP contribution >= 0.6 is 11.3 Å². The first-order chi connectivity index (χ1) is 15.9. The number of anilines is 1. The standard InChI is InChI=1S/C25H22FN3O3S/c1-16-23(33-17(2)28-16)25(31)29(20-12-10-19(26)11-13-20)22(18-7-4-3-5-8-18)24(30)27-15-21-9-6-14-32-21/h3-14,22H,15H2,1-2H3,(H,27,30). The maximum absolute atomic E-state index is 13.8. The Hall–Kier alpha value is -3.78. The third-order valence-electron chi connectivity index (χ3n) is 5.06. The molecule has 0 saturated heterocycles. The summed E-state index contributed by atoms with van der Waals surface area (Å²) in [6, 6.07) is 17.0. The molecule has 2 aromatic carbocycles. The number of amides is 2. The molecule has 0 aliphatic carbocycles. The molecule has 0 radical (unpaired) electrons. The highest BCUT2D eigenvalue weighted by Crippen LogP contribution is 2.32. The first kappa shape index (κ1) is 22.4. The molecule has 0 spiro atoms. The summed E-state index contributed by atoms with van der Waals surface area (Å²) in [6.07, 6.45) is 1.53. The van der Waals surface area contributed by atoms with Crippen LogP contribution in [0.5, 0.6) is 0 Å². The van der Waals surface area contributed by atoms with E-state index < -0.39 is 17.8 Å². The molecular formula is C25H22FN3O3S. The lowest BCUT2D eigenvalue weighted by Crippen LogP contribution is -2.44. The molecule has 1 atom stereocenters. The molecule has 2 heterocycles. The summed E-state index contributed by atoms with van der Waals surface area (Å²) in [4.78, 5) is 33.5. The van der Waals surface area contributed by atoms with Crippen molar-refractivity contribution in [3.63, 3.8) is 0 Å². The molecule has 0 aliphatic heterocycles. The zero-order chi connectivity index (χ0) is 23.4. The monoisotopic (exact) mass is 463 g/mol. The molecule has 0 aliphatic rings. The van der Waals surface area contributed by atoms with Gasteiger partial charge in [-0.25, -0.2) is 9.37 Å². The SMILES string of the molecule is Cc1nc(C)c(C(=O)N(c2ccc(F)cc2)C(C(=O)NCc2ccco2)c2ccccc2)s1. The molecule has 4 rings (SSSR count). The second kappa shape index (κ2) is 9.79. The Kier molecular flexibility index (Phi) is 6.65. The number of nitrogens with zero attached hydrogens (tertiary/aromatic N) is 2. The molecule has 168 valence electrons. The van der Waals surface area contributed by atoms with Crippen molar-refractivity contribution in [2.45, 2.75) is 26.4 Å². The Morgan fingerprint density at radius 3 is 2.39 bits per heavy atom. The number of carbonyl (C=O) groups excluding carboxylic acids is 2. The number of benzene rings is 2. The number of furan rings is 1. The van der Waals surface area contributed by atoms with Crippen LogP contribution in [-0.2, 0) is 11.3 Å². The van der Waals surface area contributed by atoms with Gasteiger partial charge in [0, 0.05) is 5.69 Å². The first-order valence-corrected chi connectivity index (χ1v) is 11.1. The van der Waals surface area contributed by atoms with Crippen molar-refractivity contribution in [2.24, 2.45) is 0 Å². The maximum Gasteiger partial charge on any atom is 0.271 e. The van der Waals surface area contributed by atoms with Gasteiger partial charge in [-0.2, -0.15) is 0 Å². The second-order valence-corrected chi connectivity index (χ2v) is 8.61. The normalized spacial score (nSPS) is 11.7. The summed E-state index contributed by atoms with van der Waals surface area (Å²) in [7, 11) is 0. The van der Waals surface area contributed by atoms with Gasteiger partial charge in [0.25, 0.3) is 5.91 Å². The highest BCUT2D eigenvalue weighted by molar-refractivity contribution is 7.13. The van der Waals surface area contributed by atoms with Crippen LogP contribution in [0.15, 0.2) is 77.4 Å². The van der Waals surface area contributed by atoms with E-state index in [9.17, 15) is 14.0 Å². The second-order valence-electron chi connectivity index (χ2n) is 7.41. The fourth-order valence-corrected chi connectivity index (χ4v) is 4.42. The van der Waals surface area contributed by atoms with Gasteiger partial charge in [0.05, 0.1) is 23.5 Å². The highest BCUT2D eigenvalue weighted by Gasteiger charge is 2.35. The van der Waals surface area contributed by atoms with Gasteiger partial charge in [0.1, 0.15) is 22.5 Å².